The van der Waals surface area contributed by atoms with Crippen LogP contribution in [-0.2, 0) is 30.2 Å². The summed E-state index contributed by atoms with van der Waals surface area (Å²) in [6.07, 6.45) is -4.96. The number of tetrazole rings is 1. The molecule has 0 saturated heterocycles. The van der Waals surface area contributed by atoms with Gasteiger partial charge < -0.3 is 19.5 Å². The van der Waals surface area contributed by atoms with E-state index < -0.39 is 35.4 Å². The fraction of sp³-hybridized carbons (Fsp3) is 0.500. The summed E-state index contributed by atoms with van der Waals surface area (Å²) in [6, 6.07) is 0. The Bertz CT molecular complexity index is 1650. The number of halogens is 3. The molecule has 17 heteroatoms. The van der Waals surface area contributed by atoms with Gasteiger partial charge in [-0.15, -0.1) is 5.10 Å². The Hall–Kier alpha value is -4.28. The first-order chi connectivity index (χ1) is 18.4. The maximum Gasteiger partial charge on any atom is 0.491 e. The Kier molecular flexibility index (Phi) is 6.40. The number of rotatable bonds is 6. The van der Waals surface area contributed by atoms with Crippen LogP contribution in [0, 0.1) is 0 Å². The zero-order valence-corrected chi connectivity index (χ0v) is 21.5. The van der Waals surface area contributed by atoms with Crippen molar-refractivity contribution in [3.63, 3.8) is 0 Å². The second-order valence-corrected chi connectivity index (χ2v) is 9.46. The lowest BCUT2D eigenvalue weighted by Crippen LogP contribution is -2.45. The third-order valence-electron chi connectivity index (χ3n) is 6.65. The largest absolute Gasteiger partial charge is 0.491 e. The molecule has 0 aliphatic carbocycles. The fourth-order valence-corrected chi connectivity index (χ4v) is 4.70. The fourth-order valence-electron chi connectivity index (χ4n) is 4.70. The van der Waals surface area contributed by atoms with Crippen molar-refractivity contribution in [2.75, 3.05) is 24.5 Å². The molecule has 3 aromatic heterocycles. The molecule has 5 rings (SSSR count). The molecule has 3 aromatic rings. The van der Waals surface area contributed by atoms with E-state index in [2.05, 4.69) is 30.6 Å². The number of carbonyl (C=O) groups is 1. The van der Waals surface area contributed by atoms with Gasteiger partial charge in [0.25, 0.3) is 5.56 Å². The highest BCUT2D eigenvalue weighted by molar-refractivity contribution is 5.77. The number of anilines is 1. The van der Waals surface area contributed by atoms with Crippen LogP contribution in [0.4, 0.5) is 19.1 Å². The molecule has 0 aromatic carbocycles. The zero-order valence-electron chi connectivity index (χ0n) is 21.5. The summed E-state index contributed by atoms with van der Waals surface area (Å²) in [5.41, 5.74) is 1.06. The molecule has 14 nitrogen and oxygen atoms in total. The van der Waals surface area contributed by atoms with E-state index in [1.807, 2.05) is 24.8 Å². The first-order valence-electron chi connectivity index (χ1n) is 11.9. The van der Waals surface area contributed by atoms with E-state index in [-0.39, 0.29) is 17.7 Å². The minimum absolute atomic E-state index is 0.0235. The third-order valence-corrected chi connectivity index (χ3v) is 6.65. The van der Waals surface area contributed by atoms with E-state index in [9.17, 15) is 27.6 Å². The minimum atomic E-state index is -5.40. The van der Waals surface area contributed by atoms with Gasteiger partial charge in [-0.1, -0.05) is 11.6 Å². The predicted octanol–water partition coefficient (Wildman–Crippen LogP) is 0.106. The van der Waals surface area contributed by atoms with E-state index in [0.717, 1.165) is 33.5 Å². The van der Waals surface area contributed by atoms with E-state index >= 15 is 0 Å². The van der Waals surface area contributed by atoms with Gasteiger partial charge in [0.05, 0.1) is 0 Å². The average Bonchev–Trinajstić information content (AvgIpc) is 3.63. The number of hydrogen-bond donors (Lipinski definition) is 1. The number of aromatic nitrogens is 8. The highest BCUT2D eigenvalue weighted by Crippen LogP contribution is 2.32. The molecule has 0 spiro atoms. The minimum Gasteiger partial charge on any atom is -0.426 e. The van der Waals surface area contributed by atoms with Crippen molar-refractivity contribution >= 4 is 23.1 Å². The number of nitrogens with one attached hydrogen (secondary N) is 1. The monoisotopic (exact) mass is 550 g/mol. The normalized spacial score (nSPS) is 16.2. The van der Waals surface area contributed by atoms with Crippen LogP contribution in [0.3, 0.4) is 0 Å². The van der Waals surface area contributed by atoms with Crippen LogP contribution in [-0.4, -0.2) is 70.7 Å². The van der Waals surface area contributed by atoms with Gasteiger partial charge in [-0.25, -0.2) is 18.8 Å². The number of esters is 1. The van der Waals surface area contributed by atoms with E-state index in [1.165, 1.54) is 19.7 Å². The lowest BCUT2D eigenvalue weighted by Gasteiger charge is -2.22. The van der Waals surface area contributed by atoms with Crippen molar-refractivity contribution in [3.05, 3.63) is 49.6 Å². The predicted molar refractivity (Wildman–Crippen MR) is 130 cm³/mol. The van der Waals surface area contributed by atoms with Gasteiger partial charge in [0.1, 0.15) is 0 Å². The number of hydrogen-bond acceptors (Lipinski definition) is 10. The lowest BCUT2D eigenvalue weighted by atomic mass is 10.2. The van der Waals surface area contributed by atoms with Gasteiger partial charge in [0.2, 0.25) is 18.0 Å². The van der Waals surface area contributed by atoms with Crippen molar-refractivity contribution in [2.24, 2.45) is 14.1 Å². The van der Waals surface area contributed by atoms with Crippen molar-refractivity contribution in [2.45, 2.75) is 39.2 Å². The molecule has 1 atom stereocenters. The Labute approximate surface area is 218 Å². The van der Waals surface area contributed by atoms with Crippen LogP contribution in [0.2, 0.25) is 0 Å². The molecule has 39 heavy (non-hydrogen) atoms. The summed E-state index contributed by atoms with van der Waals surface area (Å²) < 4.78 is 48.1. The molecule has 0 bridgehead atoms. The summed E-state index contributed by atoms with van der Waals surface area (Å²) in [4.78, 5) is 45.9. The molecular formula is C22H25F3N10O4. The molecule has 0 fully saturated rings. The molecule has 208 valence electrons. The Morgan fingerprint density at radius 2 is 1.95 bits per heavy atom. The smallest absolute Gasteiger partial charge is 0.426 e. The van der Waals surface area contributed by atoms with E-state index in [0.29, 0.717) is 23.6 Å². The maximum atomic E-state index is 14.0. The van der Waals surface area contributed by atoms with Gasteiger partial charge in [-0.05, 0) is 36.3 Å². The van der Waals surface area contributed by atoms with Crippen LogP contribution >= 0.6 is 0 Å². The summed E-state index contributed by atoms with van der Waals surface area (Å²) in [7, 11) is 2.59. The first kappa shape index (κ1) is 26.3. The Morgan fingerprint density at radius 3 is 2.59 bits per heavy atom. The molecule has 1 unspecified atom stereocenters. The number of alkyl halides is 3. The highest BCUT2D eigenvalue weighted by atomic mass is 19.4. The number of ether oxygens (including phenoxy) is 1. The second kappa shape index (κ2) is 9.48. The van der Waals surface area contributed by atoms with Gasteiger partial charge in [0.15, 0.2) is 11.2 Å². The van der Waals surface area contributed by atoms with Gasteiger partial charge in [-0.3, -0.25) is 9.36 Å². The molecule has 1 N–H and O–H groups in total. The van der Waals surface area contributed by atoms with E-state index in [1.54, 1.807) is 4.57 Å². The van der Waals surface area contributed by atoms with Crippen LogP contribution in [0.5, 0.6) is 0 Å². The maximum absolute atomic E-state index is 14.0. The Morgan fingerprint density at radius 1 is 1.21 bits per heavy atom. The zero-order chi connectivity index (χ0) is 28.2. The number of carbonyl (C=O) groups excluding carboxylic acids is 1. The molecule has 0 amide bonds. The van der Waals surface area contributed by atoms with Gasteiger partial charge in [-0.2, -0.15) is 18.2 Å². The summed E-state index contributed by atoms with van der Waals surface area (Å²) in [6.45, 7) is 5.90. The standard InChI is InChI=1S/C22H25F3N10O4/c1-11(2)5-7-34-14-15(27-20(34)33-8-6-12-9-26-10-13(12)33)31(3)21(38)35(17(14)36)18(16-28-29-30-32(16)4)39-19(37)22(23,24)25/h5,18,26H,6-10H2,1-4H3. The number of allylic oxidation sites excluding steroid dienone is 2. The average molecular weight is 551 g/mol. The summed E-state index contributed by atoms with van der Waals surface area (Å²) >= 11 is 0. The molecule has 0 radical (unpaired) electrons. The molecule has 0 saturated carbocycles. The van der Waals surface area contributed by atoms with E-state index in [4.69, 9.17) is 0 Å². The number of aryl methyl sites for hydroxylation is 2. The van der Waals surface area contributed by atoms with Gasteiger partial charge in [0, 0.05) is 46.0 Å². The van der Waals surface area contributed by atoms with Crippen molar-refractivity contribution in [1.82, 2.24) is 44.2 Å². The molecular weight excluding hydrogens is 525 g/mol. The lowest BCUT2D eigenvalue weighted by molar-refractivity contribution is -0.207. The van der Waals surface area contributed by atoms with Crippen LogP contribution < -0.4 is 21.5 Å². The van der Waals surface area contributed by atoms with Crippen molar-refractivity contribution in [3.8, 4) is 0 Å². The summed E-state index contributed by atoms with van der Waals surface area (Å²) in [5, 5.41) is 13.8. The number of fused-ring (bicyclic) bond motifs is 1. The Balaban J connectivity index is 1.78. The highest BCUT2D eigenvalue weighted by Gasteiger charge is 2.44. The van der Waals surface area contributed by atoms with Crippen LogP contribution in [0.1, 0.15) is 32.3 Å². The molecule has 2 aliphatic rings. The van der Waals surface area contributed by atoms with Crippen LogP contribution in [0.25, 0.3) is 11.2 Å². The summed E-state index contributed by atoms with van der Waals surface area (Å²) in [5.74, 6) is -2.67. The number of nitrogens with zero attached hydrogens (tertiary/aromatic N) is 9. The first-order valence-corrected chi connectivity index (χ1v) is 11.9. The SMILES string of the molecule is CC(C)=CCn1c(N2CCC3=C2CNC3)nc2c1c(=O)n(C(OC(=O)C(F)(F)F)c1nnnn1C)c(=O)n2C. The van der Waals surface area contributed by atoms with Crippen molar-refractivity contribution < 1.29 is 22.7 Å². The van der Waals surface area contributed by atoms with Gasteiger partial charge >= 0.3 is 17.8 Å². The topological polar surface area (TPSA) is 147 Å². The molecule has 2 aliphatic heterocycles. The van der Waals surface area contributed by atoms with Crippen molar-refractivity contribution in [1.29, 1.82) is 0 Å². The molecule has 5 heterocycles. The third kappa shape index (κ3) is 4.41. The number of imidazole rings is 1. The second-order valence-electron chi connectivity index (χ2n) is 9.46. The van der Waals surface area contributed by atoms with Crippen LogP contribution in [0.15, 0.2) is 32.5 Å². The quantitative estimate of drug-likeness (QED) is 0.331.